The Hall–Kier alpha value is -2.48. The molecule has 0 bridgehead atoms. The number of anilines is 1. The molecule has 0 saturated carbocycles. The van der Waals surface area contributed by atoms with Crippen molar-refractivity contribution in [1.29, 1.82) is 0 Å². The van der Waals surface area contributed by atoms with Gasteiger partial charge in [-0.2, -0.15) is 0 Å². The zero-order valence-electron chi connectivity index (χ0n) is 14.7. The molecule has 2 saturated heterocycles. The number of nitrogens with zero attached hydrogens (tertiary/aromatic N) is 4. The summed E-state index contributed by atoms with van der Waals surface area (Å²) in [6, 6.07) is 3.66. The van der Waals surface area contributed by atoms with Crippen molar-refractivity contribution in [3.05, 3.63) is 42.2 Å². The van der Waals surface area contributed by atoms with Gasteiger partial charge in [0.1, 0.15) is 11.3 Å². The molecule has 2 fully saturated rings. The molecular formula is C18H22FN5O2. The fraction of sp³-hybridized carbons (Fsp3) is 0.500. The summed E-state index contributed by atoms with van der Waals surface area (Å²) in [6.45, 7) is 2.69. The Bertz CT molecular complexity index is 775. The van der Waals surface area contributed by atoms with Gasteiger partial charge in [0.2, 0.25) is 5.95 Å². The fourth-order valence-corrected chi connectivity index (χ4v) is 3.61. The molecule has 0 aromatic carbocycles. The summed E-state index contributed by atoms with van der Waals surface area (Å²) in [6.07, 6.45) is 6.16. The first-order valence-electron chi connectivity index (χ1n) is 8.81. The van der Waals surface area contributed by atoms with Crippen molar-refractivity contribution in [2.45, 2.75) is 18.4 Å². The smallest absolute Gasteiger partial charge is 0.267 e. The van der Waals surface area contributed by atoms with E-state index < -0.39 is 5.82 Å². The molecule has 4 heterocycles. The Morgan fingerprint density at radius 2 is 2.19 bits per heavy atom. The molecule has 1 amide bonds. The molecule has 1 N–H and O–H groups in total. The summed E-state index contributed by atoms with van der Waals surface area (Å²) < 4.78 is 20.8. The number of hydrogen-bond donors (Lipinski definition) is 1. The van der Waals surface area contributed by atoms with Gasteiger partial charge in [0, 0.05) is 19.8 Å². The normalized spacial score (nSPS) is 21.5. The van der Waals surface area contributed by atoms with Gasteiger partial charge in [-0.15, -0.1) is 0 Å². The standard InChI is InChI=1S/C18H22FN5O2/c1-23-6-2-3-15(23)16(25)20-7-13-4-5-18(26-10-13)11-24(12-18)17-21-8-14(19)9-22-17/h2-3,6,8-9,13H,4-5,7,10-12H2,1H3,(H,20,25)/t13-/m1/s1. The maximum absolute atomic E-state index is 12.9. The Morgan fingerprint density at radius 3 is 2.81 bits per heavy atom. The van der Waals surface area contributed by atoms with Crippen LogP contribution < -0.4 is 10.2 Å². The molecular weight excluding hydrogens is 337 g/mol. The van der Waals surface area contributed by atoms with Crippen LogP contribution in [0.3, 0.4) is 0 Å². The molecule has 1 spiro atoms. The van der Waals surface area contributed by atoms with Crippen molar-refractivity contribution in [3.8, 4) is 0 Å². The van der Waals surface area contributed by atoms with Gasteiger partial charge >= 0.3 is 0 Å². The van der Waals surface area contributed by atoms with E-state index in [4.69, 9.17) is 4.74 Å². The Morgan fingerprint density at radius 1 is 1.42 bits per heavy atom. The van der Waals surface area contributed by atoms with Crippen molar-refractivity contribution in [3.63, 3.8) is 0 Å². The third kappa shape index (κ3) is 3.29. The van der Waals surface area contributed by atoms with Crippen molar-refractivity contribution < 1.29 is 13.9 Å². The second-order valence-electron chi connectivity index (χ2n) is 7.17. The van der Waals surface area contributed by atoms with Crippen LogP contribution in [0.25, 0.3) is 0 Å². The molecule has 2 aromatic heterocycles. The van der Waals surface area contributed by atoms with E-state index in [9.17, 15) is 9.18 Å². The first kappa shape index (κ1) is 17.0. The number of hydrogen-bond acceptors (Lipinski definition) is 5. The van der Waals surface area contributed by atoms with Crippen LogP contribution in [0.4, 0.5) is 10.3 Å². The van der Waals surface area contributed by atoms with Gasteiger partial charge in [-0.25, -0.2) is 14.4 Å². The molecule has 0 unspecified atom stereocenters. The van der Waals surface area contributed by atoms with Gasteiger partial charge < -0.3 is 19.5 Å². The first-order valence-corrected chi connectivity index (χ1v) is 8.81. The lowest BCUT2D eigenvalue weighted by Crippen LogP contribution is -2.65. The molecule has 138 valence electrons. The lowest BCUT2D eigenvalue weighted by atomic mass is 9.83. The largest absolute Gasteiger partial charge is 0.371 e. The molecule has 8 heteroatoms. The molecule has 1 atom stereocenters. The third-order valence-corrected chi connectivity index (χ3v) is 5.21. The number of amides is 1. The van der Waals surface area contributed by atoms with Crippen LogP contribution in [0.1, 0.15) is 23.3 Å². The van der Waals surface area contributed by atoms with Crippen LogP contribution in [0.2, 0.25) is 0 Å². The van der Waals surface area contributed by atoms with E-state index in [1.54, 1.807) is 0 Å². The number of nitrogens with one attached hydrogen (secondary N) is 1. The van der Waals surface area contributed by atoms with Gasteiger partial charge in [-0.1, -0.05) is 0 Å². The van der Waals surface area contributed by atoms with E-state index in [1.165, 1.54) is 12.4 Å². The van der Waals surface area contributed by atoms with Gasteiger partial charge in [-0.05, 0) is 30.9 Å². The molecule has 2 aromatic rings. The zero-order chi connectivity index (χ0) is 18.1. The number of aromatic nitrogens is 3. The van der Waals surface area contributed by atoms with E-state index in [2.05, 4.69) is 15.3 Å². The SMILES string of the molecule is Cn1cccc1C(=O)NC[C@H]1CCC2(CN(c3ncc(F)cn3)C2)OC1. The number of carbonyl (C=O) groups excluding carboxylic acids is 1. The Kier molecular flexibility index (Phi) is 4.36. The van der Waals surface area contributed by atoms with Gasteiger partial charge in [-0.3, -0.25) is 4.79 Å². The number of aryl methyl sites for hydroxylation is 1. The molecule has 2 aliphatic rings. The average Bonchev–Trinajstić information content (AvgIpc) is 3.05. The van der Waals surface area contributed by atoms with E-state index in [1.807, 2.05) is 34.8 Å². The monoisotopic (exact) mass is 359 g/mol. The third-order valence-electron chi connectivity index (χ3n) is 5.21. The highest BCUT2D eigenvalue weighted by Crippen LogP contribution is 2.37. The maximum atomic E-state index is 12.9. The number of halogens is 1. The van der Waals surface area contributed by atoms with Gasteiger partial charge in [0.25, 0.3) is 5.91 Å². The molecule has 4 rings (SSSR count). The highest BCUT2D eigenvalue weighted by atomic mass is 19.1. The second kappa shape index (κ2) is 6.68. The Labute approximate surface area is 151 Å². The van der Waals surface area contributed by atoms with Gasteiger partial charge in [0.05, 0.1) is 32.1 Å². The minimum absolute atomic E-state index is 0.0546. The first-order chi connectivity index (χ1) is 12.5. The van der Waals surface area contributed by atoms with Crippen LogP contribution in [0.15, 0.2) is 30.7 Å². The van der Waals surface area contributed by atoms with Crippen LogP contribution >= 0.6 is 0 Å². The average molecular weight is 359 g/mol. The van der Waals surface area contributed by atoms with E-state index in [-0.39, 0.29) is 11.5 Å². The fourth-order valence-electron chi connectivity index (χ4n) is 3.61. The van der Waals surface area contributed by atoms with E-state index >= 15 is 0 Å². The predicted molar refractivity (Wildman–Crippen MR) is 93.4 cm³/mol. The van der Waals surface area contributed by atoms with Crippen LogP contribution in [0, 0.1) is 11.7 Å². The summed E-state index contributed by atoms with van der Waals surface area (Å²) in [5.41, 5.74) is 0.503. The zero-order valence-corrected chi connectivity index (χ0v) is 14.7. The molecule has 26 heavy (non-hydrogen) atoms. The number of ether oxygens (including phenoxy) is 1. The van der Waals surface area contributed by atoms with Crippen LogP contribution in [-0.2, 0) is 11.8 Å². The minimum Gasteiger partial charge on any atom is -0.371 e. The van der Waals surface area contributed by atoms with Crippen LogP contribution in [0.5, 0.6) is 0 Å². The van der Waals surface area contributed by atoms with Crippen LogP contribution in [-0.4, -0.2) is 52.3 Å². The lowest BCUT2D eigenvalue weighted by Gasteiger charge is -2.52. The number of rotatable bonds is 4. The van der Waals surface area contributed by atoms with Gasteiger partial charge in [0.15, 0.2) is 5.82 Å². The maximum Gasteiger partial charge on any atom is 0.267 e. The topological polar surface area (TPSA) is 72.3 Å². The van der Waals surface area contributed by atoms with E-state index in [0.29, 0.717) is 30.7 Å². The molecule has 0 aliphatic carbocycles. The van der Waals surface area contributed by atoms with E-state index in [0.717, 1.165) is 25.9 Å². The van der Waals surface area contributed by atoms with Crippen molar-refractivity contribution in [2.24, 2.45) is 13.0 Å². The summed E-state index contributed by atoms with van der Waals surface area (Å²) in [4.78, 5) is 22.2. The Balaban J connectivity index is 1.23. The lowest BCUT2D eigenvalue weighted by molar-refractivity contribution is -0.115. The summed E-state index contributed by atoms with van der Waals surface area (Å²) >= 11 is 0. The molecule has 2 aliphatic heterocycles. The quantitative estimate of drug-likeness (QED) is 0.893. The van der Waals surface area contributed by atoms with Crippen molar-refractivity contribution in [2.75, 3.05) is 31.1 Å². The predicted octanol–water partition coefficient (Wildman–Crippen LogP) is 1.37. The summed E-state index contributed by atoms with van der Waals surface area (Å²) in [5.74, 6) is 0.373. The summed E-state index contributed by atoms with van der Waals surface area (Å²) in [5, 5.41) is 2.99. The second-order valence-corrected chi connectivity index (χ2v) is 7.17. The highest BCUT2D eigenvalue weighted by molar-refractivity contribution is 5.92. The number of carbonyl (C=O) groups is 1. The molecule has 0 radical (unpaired) electrons. The molecule has 7 nitrogen and oxygen atoms in total. The highest BCUT2D eigenvalue weighted by Gasteiger charge is 2.47. The van der Waals surface area contributed by atoms with Crippen molar-refractivity contribution >= 4 is 11.9 Å². The van der Waals surface area contributed by atoms with Crippen molar-refractivity contribution in [1.82, 2.24) is 19.9 Å². The summed E-state index contributed by atoms with van der Waals surface area (Å²) in [7, 11) is 1.86. The minimum atomic E-state index is -0.432.